The van der Waals surface area contributed by atoms with Crippen LogP contribution < -0.4 is 5.73 Å². The van der Waals surface area contributed by atoms with Crippen LogP contribution in [0.15, 0.2) is 6.20 Å². The molecular formula is C6H7N3O2. The number of anilines is 1. The first-order chi connectivity index (χ1) is 5.11. The Kier molecular flexibility index (Phi) is 1.72. The van der Waals surface area contributed by atoms with Crippen molar-refractivity contribution in [2.75, 3.05) is 5.73 Å². The molecule has 3 N–H and O–H groups in total. The summed E-state index contributed by atoms with van der Waals surface area (Å²) in [5.41, 5.74) is 5.67. The molecule has 5 nitrogen and oxygen atoms in total. The lowest BCUT2D eigenvalue weighted by atomic mass is 10.2. The molecule has 0 saturated heterocycles. The summed E-state index contributed by atoms with van der Waals surface area (Å²) in [5.74, 6) is -0.949. The molecule has 1 heterocycles. The van der Waals surface area contributed by atoms with Crippen LogP contribution in [0.25, 0.3) is 0 Å². The molecule has 0 aliphatic carbocycles. The third-order valence-corrected chi connectivity index (χ3v) is 1.23. The van der Waals surface area contributed by atoms with Crippen LogP contribution in [0.5, 0.6) is 0 Å². The predicted molar refractivity (Wildman–Crippen MR) is 38.1 cm³/mol. The van der Waals surface area contributed by atoms with Crippen LogP contribution in [-0.2, 0) is 0 Å². The Morgan fingerprint density at radius 2 is 2.36 bits per heavy atom. The molecule has 0 unspecified atom stereocenters. The summed E-state index contributed by atoms with van der Waals surface area (Å²) in [6.45, 7) is 1.57. The van der Waals surface area contributed by atoms with Crippen LogP contribution >= 0.6 is 0 Å². The molecule has 1 aromatic rings. The molecule has 0 aliphatic rings. The number of aromatic carboxylic acids is 1. The quantitative estimate of drug-likeness (QED) is 0.595. The first-order valence-corrected chi connectivity index (χ1v) is 2.93. The first-order valence-electron chi connectivity index (χ1n) is 2.93. The topological polar surface area (TPSA) is 89.1 Å². The van der Waals surface area contributed by atoms with Crippen LogP contribution in [0.1, 0.15) is 16.1 Å². The zero-order valence-corrected chi connectivity index (χ0v) is 5.90. The molecule has 0 bridgehead atoms. The number of aryl methyl sites for hydroxylation is 1. The van der Waals surface area contributed by atoms with E-state index in [2.05, 4.69) is 9.97 Å². The number of hydrogen-bond acceptors (Lipinski definition) is 4. The Labute approximate surface area is 62.9 Å². The Morgan fingerprint density at radius 1 is 1.73 bits per heavy atom. The van der Waals surface area contributed by atoms with Gasteiger partial charge in [0.2, 0.25) is 5.95 Å². The molecule has 1 aromatic heterocycles. The van der Waals surface area contributed by atoms with Gasteiger partial charge < -0.3 is 10.8 Å². The molecule has 1 rings (SSSR count). The number of rotatable bonds is 1. The standard InChI is InChI=1S/C6H7N3O2/c1-3-4(5(10)11)2-8-6(7)9-3/h2H,1H3,(H,10,11)(H2,7,8,9). The second-order valence-electron chi connectivity index (χ2n) is 2.03. The molecular weight excluding hydrogens is 146 g/mol. The van der Waals surface area contributed by atoms with Gasteiger partial charge in [-0.2, -0.15) is 0 Å². The van der Waals surface area contributed by atoms with Gasteiger partial charge in [-0.25, -0.2) is 14.8 Å². The number of nitrogen functional groups attached to an aromatic ring is 1. The van der Waals surface area contributed by atoms with Crippen molar-refractivity contribution in [3.05, 3.63) is 17.5 Å². The van der Waals surface area contributed by atoms with Crippen molar-refractivity contribution in [1.29, 1.82) is 0 Å². The highest BCUT2D eigenvalue weighted by Crippen LogP contribution is 2.03. The van der Waals surface area contributed by atoms with Gasteiger partial charge in [0.1, 0.15) is 0 Å². The summed E-state index contributed by atoms with van der Waals surface area (Å²) in [6, 6.07) is 0. The Balaban J connectivity index is 3.20. The zero-order valence-electron chi connectivity index (χ0n) is 5.90. The maximum absolute atomic E-state index is 10.4. The molecule has 0 aliphatic heterocycles. The van der Waals surface area contributed by atoms with E-state index in [0.717, 1.165) is 0 Å². The summed E-state index contributed by atoms with van der Waals surface area (Å²) in [5, 5.41) is 8.54. The highest BCUT2D eigenvalue weighted by Gasteiger charge is 2.07. The van der Waals surface area contributed by atoms with Crippen molar-refractivity contribution in [2.45, 2.75) is 6.92 Å². The largest absolute Gasteiger partial charge is 0.478 e. The Morgan fingerprint density at radius 3 is 2.82 bits per heavy atom. The monoisotopic (exact) mass is 153 g/mol. The molecule has 0 aromatic carbocycles. The lowest BCUT2D eigenvalue weighted by Gasteiger charge is -1.97. The number of hydrogen-bond donors (Lipinski definition) is 2. The minimum Gasteiger partial charge on any atom is -0.478 e. The van der Waals surface area contributed by atoms with Crippen LogP contribution in [0.2, 0.25) is 0 Å². The molecule has 0 saturated carbocycles. The molecule has 0 radical (unpaired) electrons. The summed E-state index contributed by atoms with van der Waals surface area (Å²) in [6.07, 6.45) is 1.19. The summed E-state index contributed by atoms with van der Waals surface area (Å²) in [4.78, 5) is 17.6. The van der Waals surface area contributed by atoms with Crippen molar-refractivity contribution >= 4 is 11.9 Å². The average Bonchev–Trinajstić information content (AvgIpc) is 1.85. The van der Waals surface area contributed by atoms with Gasteiger partial charge in [-0.05, 0) is 6.92 Å². The summed E-state index contributed by atoms with van der Waals surface area (Å²) < 4.78 is 0. The third kappa shape index (κ3) is 1.43. The smallest absolute Gasteiger partial charge is 0.339 e. The average molecular weight is 153 g/mol. The van der Waals surface area contributed by atoms with Gasteiger partial charge in [0.25, 0.3) is 0 Å². The number of nitrogens with two attached hydrogens (primary N) is 1. The van der Waals surface area contributed by atoms with Crippen LogP contribution in [-0.4, -0.2) is 21.0 Å². The Bertz CT molecular complexity index is 298. The van der Waals surface area contributed by atoms with E-state index in [1.807, 2.05) is 0 Å². The van der Waals surface area contributed by atoms with Gasteiger partial charge in [0.05, 0.1) is 11.3 Å². The van der Waals surface area contributed by atoms with Gasteiger partial charge in [-0.3, -0.25) is 0 Å². The second kappa shape index (κ2) is 2.53. The van der Waals surface area contributed by atoms with Crippen molar-refractivity contribution < 1.29 is 9.90 Å². The van der Waals surface area contributed by atoms with Crippen molar-refractivity contribution in [1.82, 2.24) is 9.97 Å². The lowest BCUT2D eigenvalue weighted by molar-refractivity contribution is 0.0695. The van der Waals surface area contributed by atoms with E-state index in [-0.39, 0.29) is 11.5 Å². The second-order valence-corrected chi connectivity index (χ2v) is 2.03. The fourth-order valence-electron chi connectivity index (χ4n) is 0.695. The molecule has 5 heteroatoms. The minimum absolute atomic E-state index is 0.0826. The van der Waals surface area contributed by atoms with Crippen molar-refractivity contribution in [3.8, 4) is 0 Å². The first kappa shape index (κ1) is 7.46. The van der Waals surface area contributed by atoms with E-state index >= 15 is 0 Å². The Hall–Kier alpha value is -1.65. The van der Waals surface area contributed by atoms with Crippen LogP contribution in [0.4, 0.5) is 5.95 Å². The van der Waals surface area contributed by atoms with Gasteiger partial charge in [-0.1, -0.05) is 0 Å². The number of carboxylic acids is 1. The number of aromatic nitrogens is 2. The van der Waals surface area contributed by atoms with E-state index in [1.54, 1.807) is 6.92 Å². The maximum atomic E-state index is 10.4. The van der Waals surface area contributed by atoms with E-state index in [9.17, 15) is 4.79 Å². The van der Waals surface area contributed by atoms with E-state index in [1.165, 1.54) is 6.20 Å². The number of nitrogens with zero attached hydrogens (tertiary/aromatic N) is 2. The van der Waals surface area contributed by atoms with Crippen molar-refractivity contribution in [2.24, 2.45) is 0 Å². The molecule has 0 atom stereocenters. The zero-order chi connectivity index (χ0) is 8.43. The van der Waals surface area contributed by atoms with E-state index in [0.29, 0.717) is 5.69 Å². The van der Waals surface area contributed by atoms with Gasteiger partial charge in [-0.15, -0.1) is 0 Å². The number of carbonyl (C=O) groups is 1. The lowest BCUT2D eigenvalue weighted by Crippen LogP contribution is -2.05. The van der Waals surface area contributed by atoms with Crippen molar-refractivity contribution in [3.63, 3.8) is 0 Å². The predicted octanol–water partition coefficient (Wildman–Crippen LogP) is 0.0654. The van der Waals surface area contributed by atoms with E-state index < -0.39 is 5.97 Å². The summed E-state index contributed by atoms with van der Waals surface area (Å²) >= 11 is 0. The fourth-order valence-corrected chi connectivity index (χ4v) is 0.695. The molecule has 0 fully saturated rings. The van der Waals surface area contributed by atoms with Gasteiger partial charge >= 0.3 is 5.97 Å². The molecule has 0 spiro atoms. The highest BCUT2D eigenvalue weighted by atomic mass is 16.4. The highest BCUT2D eigenvalue weighted by molar-refractivity contribution is 5.88. The fraction of sp³-hybridized carbons (Fsp3) is 0.167. The summed E-state index contributed by atoms with van der Waals surface area (Å²) in [7, 11) is 0. The molecule has 0 amide bonds. The molecule has 11 heavy (non-hydrogen) atoms. The van der Waals surface area contributed by atoms with Gasteiger partial charge in [0.15, 0.2) is 0 Å². The third-order valence-electron chi connectivity index (χ3n) is 1.23. The minimum atomic E-state index is -1.04. The van der Waals surface area contributed by atoms with Crippen LogP contribution in [0.3, 0.4) is 0 Å². The van der Waals surface area contributed by atoms with Gasteiger partial charge in [0, 0.05) is 6.20 Å². The normalized spacial score (nSPS) is 9.55. The maximum Gasteiger partial charge on any atom is 0.339 e. The SMILES string of the molecule is Cc1nc(N)ncc1C(=O)O. The van der Waals surface area contributed by atoms with E-state index in [4.69, 9.17) is 10.8 Å². The number of carboxylic acid groups (broad SMARTS) is 1. The molecule has 58 valence electrons. The van der Waals surface area contributed by atoms with Crippen LogP contribution in [0, 0.1) is 6.92 Å².